The summed E-state index contributed by atoms with van der Waals surface area (Å²) in [6.07, 6.45) is 21.7. The second kappa shape index (κ2) is 16.3. The Morgan fingerprint density at radius 2 is 1.22 bits per heavy atom. The second-order valence-electron chi connectivity index (χ2n) is 6.17. The molecule has 0 aromatic heterocycles. The lowest BCUT2D eigenvalue weighted by Gasteiger charge is -2.14. The van der Waals surface area contributed by atoms with Gasteiger partial charge in [-0.05, 0) is 45.6 Å². The normalized spacial score (nSPS) is 13.6. The Balaban J connectivity index is 3.69. The van der Waals surface area contributed by atoms with E-state index in [1.807, 2.05) is 6.08 Å². The molecule has 0 amide bonds. The van der Waals surface area contributed by atoms with Gasteiger partial charge in [0.1, 0.15) is 0 Å². The molecule has 0 rings (SSSR count). The van der Waals surface area contributed by atoms with Crippen molar-refractivity contribution >= 4 is 5.78 Å². The SMILES string of the molecule is CCC=CCC=CCC=CCC=CCCC=CCN(C)CC(=O)C(F)(F)F. The van der Waals surface area contributed by atoms with E-state index in [0.29, 0.717) is 6.54 Å². The Hall–Kier alpha value is -1.88. The van der Waals surface area contributed by atoms with Gasteiger partial charge in [-0.3, -0.25) is 9.69 Å². The molecule has 0 aromatic carbocycles. The van der Waals surface area contributed by atoms with Gasteiger partial charge < -0.3 is 0 Å². The largest absolute Gasteiger partial charge is 0.451 e. The number of Topliss-reactive ketones (excluding diaryl/α,β-unsaturated/α-hetero) is 1. The highest BCUT2D eigenvalue weighted by Gasteiger charge is 2.38. The van der Waals surface area contributed by atoms with Crippen molar-refractivity contribution in [1.82, 2.24) is 4.90 Å². The minimum Gasteiger partial charge on any atom is -0.295 e. The number of nitrogens with zero attached hydrogens (tertiary/aromatic N) is 1. The van der Waals surface area contributed by atoms with Gasteiger partial charge in [0.05, 0.1) is 6.54 Å². The molecule has 0 aliphatic heterocycles. The van der Waals surface area contributed by atoms with Crippen molar-refractivity contribution in [2.75, 3.05) is 20.1 Å². The van der Waals surface area contributed by atoms with Gasteiger partial charge in [0, 0.05) is 6.54 Å². The van der Waals surface area contributed by atoms with Gasteiger partial charge >= 0.3 is 6.18 Å². The smallest absolute Gasteiger partial charge is 0.295 e. The number of carbonyl (C=O) groups excluding carboxylic acids is 1. The molecule has 5 heteroatoms. The quantitative estimate of drug-likeness (QED) is 0.263. The number of hydrogen-bond donors (Lipinski definition) is 0. The lowest BCUT2D eigenvalue weighted by Crippen LogP contribution is -2.35. The van der Waals surface area contributed by atoms with Crippen LogP contribution in [0.15, 0.2) is 60.8 Å². The Kier molecular flexibility index (Phi) is 15.2. The summed E-state index contributed by atoms with van der Waals surface area (Å²) in [5, 5.41) is 0. The van der Waals surface area contributed by atoms with Crippen molar-refractivity contribution in [2.24, 2.45) is 0 Å². The van der Waals surface area contributed by atoms with Crippen LogP contribution in [0.3, 0.4) is 0 Å². The van der Waals surface area contributed by atoms with E-state index >= 15 is 0 Å². The lowest BCUT2D eigenvalue weighted by atomic mass is 10.2. The standard InChI is InChI=1S/C22H32F3NO/c1-3-4-5-6-7-8-9-10-11-12-13-14-15-16-17-18-19-26(2)20-21(27)22(23,24)25/h4-5,7-8,10-11,13-14,17-18H,3,6,9,12,15-16,19-20H2,1-2H3. The second-order valence-corrected chi connectivity index (χ2v) is 6.17. The maximum absolute atomic E-state index is 12.1. The van der Waals surface area contributed by atoms with E-state index in [1.54, 1.807) is 6.08 Å². The molecule has 0 bridgehead atoms. The monoisotopic (exact) mass is 383 g/mol. The number of ketones is 1. The van der Waals surface area contributed by atoms with Crippen LogP contribution in [0.4, 0.5) is 13.2 Å². The Morgan fingerprint density at radius 1 is 0.778 bits per heavy atom. The third-order valence-corrected chi connectivity index (χ3v) is 3.53. The van der Waals surface area contributed by atoms with Gasteiger partial charge in [-0.1, -0.05) is 67.7 Å². The van der Waals surface area contributed by atoms with Gasteiger partial charge in [-0.2, -0.15) is 13.2 Å². The zero-order valence-electron chi connectivity index (χ0n) is 16.4. The fourth-order valence-electron chi connectivity index (χ4n) is 2.06. The summed E-state index contributed by atoms with van der Waals surface area (Å²) >= 11 is 0. The number of alkyl halides is 3. The summed E-state index contributed by atoms with van der Waals surface area (Å²) in [4.78, 5) is 12.2. The molecule has 152 valence electrons. The van der Waals surface area contributed by atoms with Crippen LogP contribution in [0.1, 0.15) is 45.4 Å². The fourth-order valence-corrected chi connectivity index (χ4v) is 2.06. The summed E-state index contributed by atoms with van der Waals surface area (Å²) in [5.41, 5.74) is 0. The highest BCUT2D eigenvalue weighted by molar-refractivity contribution is 5.85. The van der Waals surface area contributed by atoms with Crippen LogP contribution < -0.4 is 0 Å². The van der Waals surface area contributed by atoms with Gasteiger partial charge in [0.15, 0.2) is 0 Å². The lowest BCUT2D eigenvalue weighted by molar-refractivity contribution is -0.171. The van der Waals surface area contributed by atoms with Crippen molar-refractivity contribution in [2.45, 2.75) is 51.6 Å². The highest BCUT2D eigenvalue weighted by atomic mass is 19.4. The van der Waals surface area contributed by atoms with Crippen molar-refractivity contribution in [3.8, 4) is 0 Å². The van der Waals surface area contributed by atoms with Crippen LogP contribution in [0.5, 0.6) is 0 Å². The molecule has 0 N–H and O–H groups in total. The molecule has 0 radical (unpaired) electrons. The number of likely N-dealkylation sites (N-methyl/N-ethyl adjacent to an activating group) is 1. The molecule has 0 fully saturated rings. The van der Waals surface area contributed by atoms with Gasteiger partial charge in [0.25, 0.3) is 0 Å². The predicted octanol–water partition coefficient (Wildman–Crippen LogP) is 6.19. The maximum Gasteiger partial charge on any atom is 0.451 e. The summed E-state index contributed by atoms with van der Waals surface area (Å²) in [6, 6.07) is 0. The van der Waals surface area contributed by atoms with Crippen LogP contribution in [0, 0.1) is 0 Å². The van der Waals surface area contributed by atoms with Crippen LogP contribution >= 0.6 is 0 Å². The zero-order valence-corrected chi connectivity index (χ0v) is 16.4. The number of allylic oxidation sites excluding steroid dienone is 9. The van der Waals surface area contributed by atoms with Crippen molar-refractivity contribution in [3.63, 3.8) is 0 Å². The van der Waals surface area contributed by atoms with Gasteiger partial charge in [-0.25, -0.2) is 0 Å². The van der Waals surface area contributed by atoms with E-state index in [2.05, 4.69) is 55.5 Å². The molecule has 0 aromatic rings. The minimum atomic E-state index is -4.75. The molecule has 0 atom stereocenters. The average Bonchev–Trinajstić information content (AvgIpc) is 2.60. The first-order chi connectivity index (χ1) is 12.9. The molecule has 0 saturated carbocycles. The van der Waals surface area contributed by atoms with Crippen LogP contribution in [-0.4, -0.2) is 37.0 Å². The molecular weight excluding hydrogens is 351 g/mol. The van der Waals surface area contributed by atoms with Crippen molar-refractivity contribution < 1.29 is 18.0 Å². The number of hydrogen-bond acceptors (Lipinski definition) is 2. The number of rotatable bonds is 14. The van der Waals surface area contributed by atoms with E-state index in [-0.39, 0.29) is 0 Å². The van der Waals surface area contributed by atoms with Gasteiger partial charge in [0.2, 0.25) is 5.78 Å². The summed E-state index contributed by atoms with van der Waals surface area (Å²) in [5.74, 6) is -1.71. The predicted molar refractivity (Wildman–Crippen MR) is 108 cm³/mol. The minimum absolute atomic E-state index is 0.329. The summed E-state index contributed by atoms with van der Waals surface area (Å²) in [7, 11) is 1.50. The molecule has 27 heavy (non-hydrogen) atoms. The molecule has 0 aliphatic rings. The maximum atomic E-state index is 12.1. The van der Waals surface area contributed by atoms with Crippen molar-refractivity contribution in [3.05, 3.63) is 60.8 Å². The molecule has 0 unspecified atom stereocenters. The number of unbranched alkanes of at least 4 members (excludes halogenated alkanes) is 1. The highest BCUT2D eigenvalue weighted by Crippen LogP contribution is 2.16. The van der Waals surface area contributed by atoms with E-state index in [0.717, 1.165) is 38.5 Å². The third-order valence-electron chi connectivity index (χ3n) is 3.53. The van der Waals surface area contributed by atoms with Crippen LogP contribution in [-0.2, 0) is 4.79 Å². The first-order valence-electron chi connectivity index (χ1n) is 9.41. The Bertz CT molecular complexity index is 528. The van der Waals surface area contributed by atoms with Crippen LogP contribution in [0.25, 0.3) is 0 Å². The Morgan fingerprint density at radius 3 is 1.70 bits per heavy atom. The first-order valence-corrected chi connectivity index (χ1v) is 9.41. The van der Waals surface area contributed by atoms with Gasteiger partial charge in [-0.15, -0.1) is 0 Å². The Labute approximate surface area is 161 Å². The zero-order chi connectivity index (χ0) is 20.4. The molecule has 0 aliphatic carbocycles. The molecule has 0 heterocycles. The van der Waals surface area contributed by atoms with E-state index in [1.165, 1.54) is 11.9 Å². The molecule has 2 nitrogen and oxygen atoms in total. The van der Waals surface area contributed by atoms with E-state index in [4.69, 9.17) is 0 Å². The van der Waals surface area contributed by atoms with Crippen LogP contribution in [0.2, 0.25) is 0 Å². The first kappa shape index (κ1) is 25.1. The molecule has 0 saturated heterocycles. The summed E-state index contributed by atoms with van der Waals surface area (Å²) in [6.45, 7) is 1.85. The fraction of sp³-hybridized carbons (Fsp3) is 0.500. The topological polar surface area (TPSA) is 20.3 Å². The average molecular weight is 383 g/mol. The third kappa shape index (κ3) is 17.3. The summed E-state index contributed by atoms with van der Waals surface area (Å²) < 4.78 is 36.4. The van der Waals surface area contributed by atoms with E-state index < -0.39 is 18.5 Å². The van der Waals surface area contributed by atoms with E-state index in [9.17, 15) is 18.0 Å². The number of carbonyl (C=O) groups is 1. The number of halogens is 3. The molecular formula is C22H32F3NO. The van der Waals surface area contributed by atoms with Crippen molar-refractivity contribution in [1.29, 1.82) is 0 Å². The molecule has 0 spiro atoms.